The Hall–Kier alpha value is -3.15. The minimum Gasteiger partial charge on any atom is -0.491 e. The Bertz CT molecular complexity index is 996. The van der Waals surface area contributed by atoms with Gasteiger partial charge in [0.2, 0.25) is 5.91 Å². The van der Waals surface area contributed by atoms with E-state index < -0.39 is 0 Å². The van der Waals surface area contributed by atoms with Crippen LogP contribution in [0.1, 0.15) is 5.56 Å². The van der Waals surface area contributed by atoms with E-state index in [0.717, 1.165) is 11.3 Å². The molecule has 6 nitrogen and oxygen atoms in total. The predicted molar refractivity (Wildman–Crippen MR) is 93.6 cm³/mol. The number of rotatable bonds is 3. The molecule has 1 aliphatic heterocycles. The van der Waals surface area contributed by atoms with E-state index in [0.29, 0.717) is 23.9 Å². The molecule has 6 heteroatoms. The summed E-state index contributed by atoms with van der Waals surface area (Å²) in [5.41, 5.74) is 1.48. The Balaban J connectivity index is 1.46. The van der Waals surface area contributed by atoms with E-state index in [-0.39, 0.29) is 24.1 Å². The van der Waals surface area contributed by atoms with Gasteiger partial charge in [-0.05, 0) is 30.2 Å². The van der Waals surface area contributed by atoms with E-state index >= 15 is 0 Å². The van der Waals surface area contributed by atoms with Gasteiger partial charge < -0.3 is 10.1 Å². The first-order valence-electron chi connectivity index (χ1n) is 8.15. The number of carbonyl (C=O) groups is 1. The van der Waals surface area contributed by atoms with Crippen LogP contribution in [0.5, 0.6) is 5.75 Å². The van der Waals surface area contributed by atoms with E-state index in [1.165, 1.54) is 10.9 Å². The summed E-state index contributed by atoms with van der Waals surface area (Å²) in [6.07, 6.45) is 2.13. The maximum atomic E-state index is 12.4. The highest BCUT2D eigenvalue weighted by Gasteiger charge is 2.21. The molecule has 0 aliphatic carbocycles. The Morgan fingerprint density at radius 2 is 2.00 bits per heavy atom. The lowest BCUT2D eigenvalue weighted by molar-refractivity contribution is -0.122. The van der Waals surface area contributed by atoms with E-state index in [2.05, 4.69) is 10.3 Å². The molecule has 0 bridgehead atoms. The van der Waals surface area contributed by atoms with Gasteiger partial charge in [-0.3, -0.25) is 14.2 Å². The third-order valence-electron chi connectivity index (χ3n) is 4.29. The second kappa shape index (κ2) is 6.39. The number of fused-ring (bicyclic) bond motifs is 2. The SMILES string of the molecule is O=C(Cn1cnc2ccccc2c1=O)NC1COc2ccccc2C1. The number of amides is 1. The van der Waals surface area contributed by atoms with Crippen molar-refractivity contribution < 1.29 is 9.53 Å². The minimum absolute atomic E-state index is 0.0607. The highest BCUT2D eigenvalue weighted by atomic mass is 16.5. The molecule has 2 heterocycles. The van der Waals surface area contributed by atoms with Gasteiger partial charge in [-0.2, -0.15) is 0 Å². The molecule has 0 radical (unpaired) electrons. The first-order chi connectivity index (χ1) is 12.2. The van der Waals surface area contributed by atoms with Crippen LogP contribution in [0.3, 0.4) is 0 Å². The molecular formula is C19H17N3O3. The summed E-state index contributed by atoms with van der Waals surface area (Å²) in [5, 5.41) is 3.44. The second-order valence-electron chi connectivity index (χ2n) is 6.08. The largest absolute Gasteiger partial charge is 0.491 e. The van der Waals surface area contributed by atoms with Crippen LogP contribution in [0.4, 0.5) is 0 Å². The first-order valence-corrected chi connectivity index (χ1v) is 8.15. The van der Waals surface area contributed by atoms with Crippen molar-refractivity contribution in [2.75, 3.05) is 6.61 Å². The average molecular weight is 335 g/mol. The molecule has 0 spiro atoms. The molecule has 1 atom stereocenters. The van der Waals surface area contributed by atoms with Crippen LogP contribution >= 0.6 is 0 Å². The highest BCUT2D eigenvalue weighted by molar-refractivity contribution is 5.79. The van der Waals surface area contributed by atoms with Crippen LogP contribution in [0.15, 0.2) is 59.7 Å². The number of aromatic nitrogens is 2. The van der Waals surface area contributed by atoms with Crippen molar-refractivity contribution in [1.82, 2.24) is 14.9 Å². The molecular weight excluding hydrogens is 318 g/mol. The average Bonchev–Trinajstić information content (AvgIpc) is 2.64. The summed E-state index contributed by atoms with van der Waals surface area (Å²) in [6.45, 7) is 0.364. The van der Waals surface area contributed by atoms with E-state index in [1.807, 2.05) is 30.3 Å². The molecule has 0 fully saturated rings. The van der Waals surface area contributed by atoms with Crippen molar-refractivity contribution >= 4 is 16.8 Å². The normalized spacial score (nSPS) is 16.1. The zero-order valence-electron chi connectivity index (χ0n) is 13.5. The summed E-state index contributed by atoms with van der Waals surface area (Å²) in [5.74, 6) is 0.634. The van der Waals surface area contributed by atoms with Crippen molar-refractivity contribution in [2.45, 2.75) is 19.0 Å². The number of benzene rings is 2. The van der Waals surface area contributed by atoms with E-state index in [9.17, 15) is 9.59 Å². The maximum absolute atomic E-state index is 12.4. The molecule has 3 aromatic rings. The van der Waals surface area contributed by atoms with Crippen molar-refractivity contribution in [1.29, 1.82) is 0 Å². The second-order valence-corrected chi connectivity index (χ2v) is 6.08. The van der Waals surface area contributed by atoms with Gasteiger partial charge in [0.25, 0.3) is 5.56 Å². The van der Waals surface area contributed by atoms with Gasteiger partial charge in [0.05, 0.1) is 23.3 Å². The van der Waals surface area contributed by atoms with Crippen molar-refractivity contribution in [3.05, 3.63) is 70.8 Å². The topological polar surface area (TPSA) is 73.2 Å². The number of hydrogen-bond donors (Lipinski definition) is 1. The zero-order valence-corrected chi connectivity index (χ0v) is 13.5. The quantitative estimate of drug-likeness (QED) is 0.787. The number of carbonyl (C=O) groups excluding carboxylic acids is 1. The molecule has 4 rings (SSSR count). The smallest absolute Gasteiger partial charge is 0.261 e. The van der Waals surface area contributed by atoms with Crippen molar-refractivity contribution in [3.63, 3.8) is 0 Å². The fourth-order valence-electron chi connectivity index (χ4n) is 3.07. The molecule has 1 aromatic heterocycles. The van der Waals surface area contributed by atoms with Gasteiger partial charge in [0.1, 0.15) is 18.9 Å². The third-order valence-corrected chi connectivity index (χ3v) is 4.29. The molecule has 0 saturated carbocycles. The lowest BCUT2D eigenvalue weighted by Gasteiger charge is -2.26. The third kappa shape index (κ3) is 3.10. The standard InChI is InChI=1S/C19H17N3O3/c23-18(21-14-9-13-5-1-4-8-17(13)25-11-14)10-22-12-20-16-7-3-2-6-15(16)19(22)24/h1-8,12,14H,9-11H2,(H,21,23). The van der Waals surface area contributed by atoms with Gasteiger partial charge in [-0.15, -0.1) is 0 Å². The van der Waals surface area contributed by atoms with Gasteiger partial charge in [-0.25, -0.2) is 4.98 Å². The molecule has 1 unspecified atom stereocenters. The van der Waals surface area contributed by atoms with Crippen LogP contribution < -0.4 is 15.6 Å². The Morgan fingerprint density at radius 3 is 2.92 bits per heavy atom. The Morgan fingerprint density at radius 1 is 1.20 bits per heavy atom. The molecule has 1 amide bonds. The van der Waals surface area contributed by atoms with Crippen LogP contribution in [0.25, 0.3) is 10.9 Å². The monoisotopic (exact) mass is 335 g/mol. The van der Waals surface area contributed by atoms with Crippen molar-refractivity contribution in [2.24, 2.45) is 0 Å². The Kier molecular flexibility index (Phi) is 3.93. The minimum atomic E-state index is -0.229. The summed E-state index contributed by atoms with van der Waals surface area (Å²) >= 11 is 0. The van der Waals surface area contributed by atoms with Gasteiger partial charge in [-0.1, -0.05) is 30.3 Å². The van der Waals surface area contributed by atoms with E-state index in [4.69, 9.17) is 4.74 Å². The lowest BCUT2D eigenvalue weighted by Crippen LogP contribution is -2.44. The number of ether oxygens (including phenoxy) is 1. The summed E-state index contributed by atoms with van der Waals surface area (Å²) in [6, 6.07) is 14.8. The summed E-state index contributed by atoms with van der Waals surface area (Å²) in [4.78, 5) is 29.0. The number of hydrogen-bond acceptors (Lipinski definition) is 4. The molecule has 0 saturated heterocycles. The zero-order chi connectivity index (χ0) is 17.2. The van der Waals surface area contributed by atoms with Gasteiger partial charge in [0, 0.05) is 0 Å². The van der Waals surface area contributed by atoms with Gasteiger partial charge in [0.15, 0.2) is 0 Å². The number of nitrogens with zero attached hydrogens (tertiary/aromatic N) is 2. The number of nitrogens with one attached hydrogen (secondary N) is 1. The summed E-state index contributed by atoms with van der Waals surface area (Å²) < 4.78 is 7.00. The molecule has 25 heavy (non-hydrogen) atoms. The maximum Gasteiger partial charge on any atom is 0.261 e. The van der Waals surface area contributed by atoms with Crippen LogP contribution in [-0.4, -0.2) is 28.1 Å². The van der Waals surface area contributed by atoms with Crippen LogP contribution in [0.2, 0.25) is 0 Å². The van der Waals surface area contributed by atoms with Crippen LogP contribution in [0, 0.1) is 0 Å². The van der Waals surface area contributed by atoms with E-state index in [1.54, 1.807) is 18.2 Å². The predicted octanol–water partition coefficient (Wildman–Crippen LogP) is 1.52. The fourth-order valence-corrected chi connectivity index (χ4v) is 3.07. The summed E-state index contributed by atoms with van der Waals surface area (Å²) in [7, 11) is 0. The fraction of sp³-hybridized carbons (Fsp3) is 0.211. The lowest BCUT2D eigenvalue weighted by atomic mass is 10.0. The molecule has 1 aliphatic rings. The first kappa shape index (κ1) is 15.4. The molecule has 1 N–H and O–H groups in total. The van der Waals surface area contributed by atoms with Gasteiger partial charge >= 0.3 is 0 Å². The molecule has 2 aromatic carbocycles. The van der Waals surface area contributed by atoms with Crippen molar-refractivity contribution in [3.8, 4) is 5.75 Å². The molecule has 126 valence electrons. The highest BCUT2D eigenvalue weighted by Crippen LogP contribution is 2.23. The Labute approximate surface area is 144 Å². The van der Waals surface area contributed by atoms with Crippen LogP contribution in [-0.2, 0) is 17.8 Å². The number of para-hydroxylation sites is 2.